The van der Waals surface area contributed by atoms with Gasteiger partial charge in [0.15, 0.2) is 11.6 Å². The molecule has 2 aromatic rings. The minimum atomic E-state index is -0.473. The Morgan fingerprint density at radius 1 is 0.552 bits per heavy atom. The van der Waals surface area contributed by atoms with Crippen LogP contribution < -0.4 is 0 Å². The summed E-state index contributed by atoms with van der Waals surface area (Å²) in [6.45, 7) is 0. The molecule has 29 heavy (non-hydrogen) atoms. The van der Waals surface area contributed by atoms with Gasteiger partial charge in [-0.2, -0.15) is 0 Å². The van der Waals surface area contributed by atoms with E-state index in [1.54, 1.807) is 75.6 Å². The molecule has 4 rings (SSSR count). The van der Waals surface area contributed by atoms with Gasteiger partial charge in [0.25, 0.3) is 0 Å². The van der Waals surface area contributed by atoms with Crippen molar-refractivity contribution in [2.24, 2.45) is 0 Å². The maximum Gasteiger partial charge on any atom is 2.00 e. The summed E-state index contributed by atoms with van der Waals surface area (Å²) in [6, 6.07) is 12.0. The number of carbonyl (C=O) groups is 2. The first kappa shape index (κ1) is 23.4. The molecule has 2 fully saturated rings. The molecule has 144 valence electrons. The number of ketones is 2. The molecule has 5 heteroatoms. The molecule has 10 radical (unpaired) electrons. The Labute approximate surface area is 181 Å². The minimum Gasteiger partial charge on any atom is -0.293 e. The van der Waals surface area contributed by atoms with Crippen molar-refractivity contribution < 1.29 is 35.4 Å². The van der Waals surface area contributed by atoms with Gasteiger partial charge in [-0.1, -0.05) is 24.3 Å². The SMILES string of the molecule is O=C([C]1[CH][CH][CH][CH]1)c1ccccc1F.O=C([C]1[CH][CH][CH][CH]1)c1ccccc1F.[Fe+2]. The summed E-state index contributed by atoms with van der Waals surface area (Å²) in [6.07, 6.45) is 13.7. The van der Waals surface area contributed by atoms with E-state index in [4.69, 9.17) is 0 Å². The number of rotatable bonds is 4. The molecule has 2 aromatic carbocycles. The number of hydrogen-bond donors (Lipinski definition) is 0. The Hall–Kier alpha value is -1.84. The van der Waals surface area contributed by atoms with Crippen molar-refractivity contribution in [1.82, 2.24) is 0 Å². The van der Waals surface area contributed by atoms with Gasteiger partial charge in [0, 0.05) is 0 Å². The molecular formula is C24H16F2FeO2+2. The molecule has 0 amide bonds. The molecule has 0 bridgehead atoms. The summed E-state index contributed by atoms with van der Waals surface area (Å²) < 4.78 is 26.4. The van der Waals surface area contributed by atoms with E-state index in [1.807, 2.05) is 0 Å². The van der Waals surface area contributed by atoms with Crippen LogP contribution >= 0.6 is 0 Å². The summed E-state index contributed by atoms with van der Waals surface area (Å²) in [5.74, 6) is -0.441. The van der Waals surface area contributed by atoms with Crippen LogP contribution in [0.15, 0.2) is 48.5 Å². The monoisotopic (exact) mass is 430 g/mol. The average molecular weight is 430 g/mol. The molecule has 0 heterocycles. The zero-order valence-electron chi connectivity index (χ0n) is 15.2. The molecule has 0 N–H and O–H groups in total. The van der Waals surface area contributed by atoms with Gasteiger partial charge >= 0.3 is 17.1 Å². The Kier molecular flexibility index (Phi) is 9.19. The van der Waals surface area contributed by atoms with Crippen molar-refractivity contribution >= 4 is 11.6 Å². The van der Waals surface area contributed by atoms with Crippen LogP contribution in [0.5, 0.6) is 0 Å². The van der Waals surface area contributed by atoms with Crippen molar-refractivity contribution in [3.8, 4) is 0 Å². The summed E-state index contributed by atoms with van der Waals surface area (Å²) >= 11 is 0. The van der Waals surface area contributed by atoms with Gasteiger partial charge in [0.1, 0.15) is 11.6 Å². The van der Waals surface area contributed by atoms with Crippen LogP contribution in [0.25, 0.3) is 0 Å². The van der Waals surface area contributed by atoms with Gasteiger partial charge in [0.2, 0.25) is 0 Å². The van der Waals surface area contributed by atoms with Crippen LogP contribution in [-0.2, 0) is 17.1 Å². The van der Waals surface area contributed by atoms with E-state index in [9.17, 15) is 18.4 Å². The molecule has 0 aliphatic heterocycles. The summed E-state index contributed by atoms with van der Waals surface area (Å²) in [5, 5.41) is 0. The molecule has 0 spiro atoms. The predicted molar refractivity (Wildman–Crippen MR) is 102 cm³/mol. The Bertz CT molecular complexity index is 756. The molecule has 2 aliphatic carbocycles. The Balaban J connectivity index is 0.000000200. The van der Waals surface area contributed by atoms with Gasteiger partial charge in [-0.25, -0.2) is 8.78 Å². The molecule has 0 atom stereocenters. The maximum atomic E-state index is 13.2. The first-order chi connectivity index (χ1) is 13.6. The van der Waals surface area contributed by atoms with Crippen molar-refractivity contribution in [1.29, 1.82) is 0 Å². The number of halogens is 2. The van der Waals surface area contributed by atoms with E-state index >= 15 is 0 Å². The van der Waals surface area contributed by atoms with Crippen molar-refractivity contribution in [2.45, 2.75) is 0 Å². The number of benzene rings is 2. The van der Waals surface area contributed by atoms with E-state index < -0.39 is 11.6 Å². The third-order valence-corrected chi connectivity index (χ3v) is 4.09. The molecule has 0 unspecified atom stereocenters. The third-order valence-electron chi connectivity index (χ3n) is 4.09. The van der Waals surface area contributed by atoms with Gasteiger partial charge in [-0.3, -0.25) is 9.59 Å². The van der Waals surface area contributed by atoms with E-state index in [0.717, 1.165) is 0 Å². The molecule has 2 saturated carbocycles. The van der Waals surface area contributed by atoms with Crippen molar-refractivity contribution in [3.05, 3.63) is 134 Å². The topological polar surface area (TPSA) is 34.1 Å². The van der Waals surface area contributed by atoms with Gasteiger partial charge < -0.3 is 0 Å². The fraction of sp³-hybridized carbons (Fsp3) is 0. The molecular weight excluding hydrogens is 414 g/mol. The third kappa shape index (κ3) is 6.07. The summed E-state index contributed by atoms with van der Waals surface area (Å²) in [7, 11) is 0. The maximum absolute atomic E-state index is 13.2. The fourth-order valence-corrected chi connectivity index (χ4v) is 2.65. The summed E-state index contributed by atoms with van der Waals surface area (Å²) in [4.78, 5) is 23.4. The van der Waals surface area contributed by atoms with E-state index in [-0.39, 0.29) is 39.8 Å². The van der Waals surface area contributed by atoms with Gasteiger partial charge in [0.05, 0.1) is 23.0 Å². The second-order valence-electron chi connectivity index (χ2n) is 5.97. The van der Waals surface area contributed by atoms with Crippen LogP contribution in [0, 0.1) is 74.8 Å². The number of hydrogen-bond acceptors (Lipinski definition) is 2. The average Bonchev–Trinajstić information content (AvgIpc) is 3.42. The van der Waals surface area contributed by atoms with Gasteiger partial charge in [-0.15, -0.1) is 0 Å². The first-order valence-electron chi connectivity index (χ1n) is 8.60. The van der Waals surface area contributed by atoms with E-state index in [0.29, 0.717) is 11.8 Å². The number of Topliss-reactive ketones (excluding diaryl/α,β-unsaturated/α-hetero) is 2. The second-order valence-corrected chi connectivity index (χ2v) is 5.97. The van der Waals surface area contributed by atoms with Crippen LogP contribution in [0.3, 0.4) is 0 Å². The van der Waals surface area contributed by atoms with E-state index in [2.05, 4.69) is 0 Å². The van der Waals surface area contributed by atoms with Crippen LogP contribution in [0.1, 0.15) is 20.7 Å². The fourth-order valence-electron chi connectivity index (χ4n) is 2.65. The van der Waals surface area contributed by atoms with Gasteiger partial charge in [-0.05, 0) is 75.6 Å². The summed E-state index contributed by atoms with van der Waals surface area (Å²) in [5.41, 5.74) is 0.248. The van der Waals surface area contributed by atoms with E-state index in [1.165, 1.54) is 24.3 Å². The largest absolute Gasteiger partial charge is 2.00 e. The van der Waals surface area contributed by atoms with Crippen molar-refractivity contribution in [2.75, 3.05) is 0 Å². The second kappa shape index (κ2) is 11.4. The normalized spacial score (nSPS) is 16.6. The zero-order chi connectivity index (χ0) is 19.9. The molecule has 0 saturated heterocycles. The Morgan fingerprint density at radius 2 is 0.862 bits per heavy atom. The predicted octanol–water partition coefficient (Wildman–Crippen LogP) is 4.82. The smallest absolute Gasteiger partial charge is 0.293 e. The van der Waals surface area contributed by atoms with Crippen molar-refractivity contribution in [3.63, 3.8) is 0 Å². The first-order valence-corrected chi connectivity index (χ1v) is 8.60. The van der Waals surface area contributed by atoms with Crippen LogP contribution in [0.2, 0.25) is 0 Å². The van der Waals surface area contributed by atoms with Crippen LogP contribution in [0.4, 0.5) is 8.78 Å². The molecule has 2 nitrogen and oxygen atoms in total. The Morgan fingerprint density at radius 3 is 1.17 bits per heavy atom. The minimum absolute atomic E-state index is 0. The standard InChI is InChI=1S/2C12H8FO.Fe/c2*13-11-8-4-3-7-10(11)12(14)9-5-1-2-6-9;/h2*1-8H;/q;;+2. The van der Waals surface area contributed by atoms with Crippen LogP contribution in [-0.4, -0.2) is 11.6 Å². The molecule has 2 aliphatic rings. The molecule has 0 aromatic heterocycles. The zero-order valence-corrected chi connectivity index (χ0v) is 16.3. The number of carbonyl (C=O) groups excluding carboxylic acids is 2. The quantitative estimate of drug-likeness (QED) is 0.515.